The standard InChI is InChI=1S/C15H17Cl2NS/c1-3-11(10-7-5-4-6-8-10)14(18-2)12-9-13(16)19-15(12)17/h4-9,11,14,18H,3H2,1-2H3. The third-order valence-corrected chi connectivity index (χ3v) is 4.92. The van der Waals surface area contributed by atoms with Crippen LogP contribution in [0.25, 0.3) is 0 Å². The summed E-state index contributed by atoms with van der Waals surface area (Å²) in [6, 6.07) is 12.7. The van der Waals surface area contributed by atoms with Gasteiger partial charge in [-0.1, -0.05) is 60.5 Å². The van der Waals surface area contributed by atoms with Gasteiger partial charge in [0.2, 0.25) is 0 Å². The van der Waals surface area contributed by atoms with Gasteiger partial charge in [-0.15, -0.1) is 11.3 Å². The van der Waals surface area contributed by atoms with Gasteiger partial charge < -0.3 is 5.32 Å². The Bertz CT molecular complexity index is 524. The molecule has 4 heteroatoms. The van der Waals surface area contributed by atoms with Gasteiger partial charge in [0.25, 0.3) is 0 Å². The molecule has 0 aliphatic carbocycles. The third-order valence-electron chi connectivity index (χ3n) is 3.40. The highest BCUT2D eigenvalue weighted by Crippen LogP contribution is 2.41. The largest absolute Gasteiger partial charge is 0.312 e. The minimum absolute atomic E-state index is 0.184. The highest BCUT2D eigenvalue weighted by atomic mass is 35.5. The lowest BCUT2D eigenvalue weighted by Crippen LogP contribution is -2.23. The molecule has 2 atom stereocenters. The number of hydrogen-bond donors (Lipinski definition) is 1. The smallest absolute Gasteiger partial charge is 0.0992 e. The molecule has 1 aromatic heterocycles. The molecule has 2 unspecified atom stereocenters. The van der Waals surface area contributed by atoms with E-state index in [2.05, 4.69) is 36.5 Å². The summed E-state index contributed by atoms with van der Waals surface area (Å²) in [4.78, 5) is 0. The van der Waals surface area contributed by atoms with E-state index in [1.807, 2.05) is 19.2 Å². The SMILES string of the molecule is CCC(c1ccccc1)C(NC)c1cc(Cl)sc1Cl. The molecule has 0 fully saturated rings. The lowest BCUT2D eigenvalue weighted by atomic mass is 9.86. The second-order valence-electron chi connectivity index (χ2n) is 4.47. The Morgan fingerprint density at radius 2 is 1.89 bits per heavy atom. The first-order chi connectivity index (χ1) is 9.17. The van der Waals surface area contributed by atoms with Crippen molar-refractivity contribution in [2.45, 2.75) is 25.3 Å². The quantitative estimate of drug-likeness (QED) is 0.767. The van der Waals surface area contributed by atoms with Crippen molar-refractivity contribution >= 4 is 34.5 Å². The molecule has 0 aliphatic rings. The summed E-state index contributed by atoms with van der Waals surface area (Å²) in [5.41, 5.74) is 2.41. The zero-order chi connectivity index (χ0) is 13.8. The molecule has 102 valence electrons. The minimum atomic E-state index is 0.184. The second-order valence-corrected chi connectivity index (χ2v) is 6.76. The Balaban J connectivity index is 2.37. The molecular formula is C15H17Cl2NS. The van der Waals surface area contributed by atoms with Crippen LogP contribution in [0.4, 0.5) is 0 Å². The maximum atomic E-state index is 6.30. The van der Waals surface area contributed by atoms with Gasteiger partial charge in [-0.3, -0.25) is 0 Å². The third kappa shape index (κ3) is 3.32. The topological polar surface area (TPSA) is 12.0 Å². The average Bonchev–Trinajstić information content (AvgIpc) is 2.75. The number of rotatable bonds is 5. The fraction of sp³-hybridized carbons (Fsp3) is 0.333. The van der Waals surface area contributed by atoms with E-state index in [0.717, 1.165) is 20.7 Å². The summed E-state index contributed by atoms with van der Waals surface area (Å²) in [6.45, 7) is 2.20. The van der Waals surface area contributed by atoms with E-state index >= 15 is 0 Å². The zero-order valence-electron chi connectivity index (χ0n) is 11.0. The summed E-state index contributed by atoms with van der Waals surface area (Å²) < 4.78 is 1.52. The number of halogens is 2. The van der Waals surface area contributed by atoms with E-state index in [0.29, 0.717) is 5.92 Å². The molecule has 0 bridgehead atoms. The second kappa shape index (κ2) is 6.76. The van der Waals surface area contributed by atoms with Crippen LogP contribution in [0.15, 0.2) is 36.4 Å². The fourth-order valence-electron chi connectivity index (χ4n) is 2.50. The molecule has 1 nitrogen and oxygen atoms in total. The lowest BCUT2D eigenvalue weighted by Gasteiger charge is -2.26. The first kappa shape index (κ1) is 14.9. The van der Waals surface area contributed by atoms with E-state index in [4.69, 9.17) is 23.2 Å². The first-order valence-corrected chi connectivity index (χ1v) is 7.91. The highest BCUT2D eigenvalue weighted by molar-refractivity contribution is 7.20. The molecule has 0 radical (unpaired) electrons. The van der Waals surface area contributed by atoms with E-state index < -0.39 is 0 Å². The van der Waals surface area contributed by atoms with Crippen molar-refractivity contribution in [3.63, 3.8) is 0 Å². The first-order valence-electron chi connectivity index (χ1n) is 6.34. The van der Waals surface area contributed by atoms with E-state index in [1.165, 1.54) is 16.9 Å². The van der Waals surface area contributed by atoms with E-state index in [9.17, 15) is 0 Å². The van der Waals surface area contributed by atoms with Gasteiger partial charge in [-0.05, 0) is 25.1 Å². The molecule has 2 aromatic rings. The Morgan fingerprint density at radius 3 is 2.37 bits per heavy atom. The van der Waals surface area contributed by atoms with Crippen molar-refractivity contribution in [3.05, 3.63) is 56.2 Å². The molecule has 0 spiro atoms. The molecule has 0 saturated carbocycles. The monoisotopic (exact) mass is 313 g/mol. The fourth-order valence-corrected chi connectivity index (χ4v) is 4.05. The Kier molecular flexibility index (Phi) is 5.28. The maximum absolute atomic E-state index is 6.30. The molecule has 1 aromatic carbocycles. The molecule has 19 heavy (non-hydrogen) atoms. The number of nitrogens with one attached hydrogen (secondary N) is 1. The molecule has 0 saturated heterocycles. The Morgan fingerprint density at radius 1 is 1.21 bits per heavy atom. The van der Waals surface area contributed by atoms with Gasteiger partial charge in [0.15, 0.2) is 0 Å². The summed E-state index contributed by atoms with van der Waals surface area (Å²) in [6.07, 6.45) is 1.04. The normalized spacial score (nSPS) is 14.3. The van der Waals surface area contributed by atoms with Crippen molar-refractivity contribution in [1.82, 2.24) is 5.32 Å². The highest BCUT2D eigenvalue weighted by Gasteiger charge is 2.25. The van der Waals surface area contributed by atoms with Gasteiger partial charge in [-0.2, -0.15) is 0 Å². The average molecular weight is 314 g/mol. The van der Waals surface area contributed by atoms with Crippen molar-refractivity contribution in [2.24, 2.45) is 0 Å². The molecule has 1 N–H and O–H groups in total. The van der Waals surface area contributed by atoms with Crippen LogP contribution in [-0.4, -0.2) is 7.05 Å². The maximum Gasteiger partial charge on any atom is 0.0992 e. The van der Waals surface area contributed by atoms with Crippen LogP contribution < -0.4 is 5.32 Å². The van der Waals surface area contributed by atoms with E-state index in [1.54, 1.807) is 0 Å². The van der Waals surface area contributed by atoms with Crippen LogP contribution >= 0.6 is 34.5 Å². The molecule has 2 rings (SSSR count). The predicted molar refractivity (Wildman–Crippen MR) is 85.6 cm³/mol. The molecule has 0 aliphatic heterocycles. The minimum Gasteiger partial charge on any atom is -0.312 e. The van der Waals surface area contributed by atoms with Gasteiger partial charge in [0, 0.05) is 17.5 Å². The van der Waals surface area contributed by atoms with Crippen LogP contribution in [0, 0.1) is 0 Å². The van der Waals surface area contributed by atoms with Crippen molar-refractivity contribution in [1.29, 1.82) is 0 Å². The van der Waals surface area contributed by atoms with Crippen LogP contribution in [0.3, 0.4) is 0 Å². The summed E-state index contributed by atoms with van der Waals surface area (Å²) in [7, 11) is 1.97. The molecular weight excluding hydrogens is 297 g/mol. The Hall–Kier alpha value is -0.540. The van der Waals surface area contributed by atoms with E-state index in [-0.39, 0.29) is 6.04 Å². The van der Waals surface area contributed by atoms with Crippen molar-refractivity contribution < 1.29 is 0 Å². The number of likely N-dealkylation sites (N-methyl/N-ethyl adjacent to an activating group) is 1. The summed E-state index contributed by atoms with van der Waals surface area (Å²) in [5, 5.41) is 3.39. The number of benzene rings is 1. The lowest BCUT2D eigenvalue weighted by molar-refractivity contribution is 0.469. The van der Waals surface area contributed by atoms with Crippen molar-refractivity contribution in [2.75, 3.05) is 7.05 Å². The molecule has 0 amide bonds. The van der Waals surface area contributed by atoms with Crippen LogP contribution in [-0.2, 0) is 0 Å². The number of thiophene rings is 1. The van der Waals surface area contributed by atoms with Crippen LogP contribution in [0.5, 0.6) is 0 Å². The zero-order valence-corrected chi connectivity index (χ0v) is 13.3. The number of hydrogen-bond acceptors (Lipinski definition) is 2. The summed E-state index contributed by atoms with van der Waals surface area (Å²) >= 11 is 13.8. The van der Waals surface area contributed by atoms with Crippen LogP contribution in [0.2, 0.25) is 8.67 Å². The predicted octanol–water partition coefficient (Wildman–Crippen LogP) is 5.51. The van der Waals surface area contributed by atoms with Crippen LogP contribution in [0.1, 0.15) is 36.4 Å². The van der Waals surface area contributed by atoms with Gasteiger partial charge in [0.05, 0.1) is 8.67 Å². The van der Waals surface area contributed by atoms with Gasteiger partial charge in [0.1, 0.15) is 0 Å². The molecule has 1 heterocycles. The van der Waals surface area contributed by atoms with Gasteiger partial charge >= 0.3 is 0 Å². The van der Waals surface area contributed by atoms with Crippen molar-refractivity contribution in [3.8, 4) is 0 Å². The van der Waals surface area contributed by atoms with Gasteiger partial charge in [-0.25, -0.2) is 0 Å². The summed E-state index contributed by atoms with van der Waals surface area (Å²) in [5.74, 6) is 0.384. The Labute approximate surface area is 128 Å².